The molecule has 2 aliphatic rings. The third-order valence-electron chi connectivity index (χ3n) is 6.23. The second-order valence-electron chi connectivity index (χ2n) is 8.67. The number of anilines is 1. The summed E-state index contributed by atoms with van der Waals surface area (Å²) >= 11 is 6.37. The average molecular weight is 488 g/mol. The van der Waals surface area contributed by atoms with Gasteiger partial charge >= 0.3 is 0 Å². The Morgan fingerprint density at radius 3 is 2.47 bits per heavy atom. The highest BCUT2D eigenvalue weighted by atomic mass is 35.5. The van der Waals surface area contributed by atoms with Crippen molar-refractivity contribution in [2.45, 2.75) is 31.8 Å². The number of nitrogens with one attached hydrogen (secondary N) is 2. The minimum atomic E-state index is -0.260. The van der Waals surface area contributed by atoms with Gasteiger partial charge in [0.25, 0.3) is 5.91 Å². The summed E-state index contributed by atoms with van der Waals surface area (Å²) < 4.78 is 16.3. The number of methoxy groups -OCH3 is 3. The molecule has 182 valence electrons. The van der Waals surface area contributed by atoms with Gasteiger partial charge in [0.15, 0.2) is 0 Å². The van der Waals surface area contributed by atoms with Crippen LogP contribution in [0.4, 0.5) is 5.69 Å². The van der Waals surface area contributed by atoms with Crippen LogP contribution in [-0.4, -0.2) is 57.2 Å². The summed E-state index contributed by atoms with van der Waals surface area (Å²) in [6, 6.07) is 8.88. The summed E-state index contributed by atoms with van der Waals surface area (Å²) in [6.45, 7) is 2.24. The molecule has 1 aliphatic carbocycles. The van der Waals surface area contributed by atoms with Gasteiger partial charge in [0.05, 0.1) is 37.6 Å². The van der Waals surface area contributed by atoms with E-state index < -0.39 is 0 Å². The van der Waals surface area contributed by atoms with Crippen LogP contribution < -0.4 is 24.8 Å². The molecule has 2 fully saturated rings. The first-order valence-electron chi connectivity index (χ1n) is 11.3. The molecule has 34 heavy (non-hydrogen) atoms. The van der Waals surface area contributed by atoms with Crippen LogP contribution >= 0.6 is 11.6 Å². The Morgan fingerprint density at radius 1 is 1.03 bits per heavy atom. The highest BCUT2D eigenvalue weighted by molar-refractivity contribution is 6.34. The molecule has 8 nitrogen and oxygen atoms in total. The minimum Gasteiger partial charge on any atom is -0.497 e. The van der Waals surface area contributed by atoms with Gasteiger partial charge in [-0.15, -0.1) is 0 Å². The predicted molar refractivity (Wildman–Crippen MR) is 130 cm³/mol. The molecular formula is C25H30ClN3O5. The topological polar surface area (TPSA) is 89.1 Å². The number of likely N-dealkylation sites (tertiary alicyclic amines) is 1. The number of carbonyl (C=O) groups excluding carboxylic acids is 2. The van der Waals surface area contributed by atoms with Gasteiger partial charge in [-0.1, -0.05) is 11.6 Å². The molecule has 1 saturated carbocycles. The van der Waals surface area contributed by atoms with Gasteiger partial charge < -0.3 is 24.8 Å². The quantitative estimate of drug-likeness (QED) is 0.560. The van der Waals surface area contributed by atoms with Crippen LogP contribution in [0.15, 0.2) is 30.3 Å². The van der Waals surface area contributed by atoms with E-state index in [0.717, 1.165) is 42.9 Å². The molecule has 2 N–H and O–H groups in total. The van der Waals surface area contributed by atoms with Gasteiger partial charge in [0.1, 0.15) is 17.2 Å². The second kappa shape index (κ2) is 10.5. The lowest BCUT2D eigenvalue weighted by Crippen LogP contribution is -2.37. The zero-order valence-corrected chi connectivity index (χ0v) is 20.4. The van der Waals surface area contributed by atoms with Crippen LogP contribution in [0.25, 0.3) is 0 Å². The monoisotopic (exact) mass is 487 g/mol. The number of halogens is 1. The molecule has 2 amide bonds. The van der Waals surface area contributed by atoms with Crippen molar-refractivity contribution in [3.63, 3.8) is 0 Å². The second-order valence-corrected chi connectivity index (χ2v) is 9.08. The SMILES string of the molecule is COc1ccc(OC)c(CN2CC[C@H](NC(=O)c3cc(Cl)c(NC(=O)C4CC4)cc3OC)C2)c1. The predicted octanol–water partition coefficient (Wildman–Crippen LogP) is 3.72. The number of rotatable bonds is 9. The molecular weight excluding hydrogens is 458 g/mol. The Morgan fingerprint density at radius 2 is 1.79 bits per heavy atom. The third kappa shape index (κ3) is 5.56. The highest BCUT2D eigenvalue weighted by Crippen LogP contribution is 2.35. The van der Waals surface area contributed by atoms with Crippen LogP contribution in [-0.2, 0) is 11.3 Å². The zero-order chi connectivity index (χ0) is 24.2. The first kappa shape index (κ1) is 24.2. The van der Waals surface area contributed by atoms with Crippen LogP contribution in [0.1, 0.15) is 35.2 Å². The normalized spacial score (nSPS) is 17.8. The fourth-order valence-corrected chi connectivity index (χ4v) is 4.39. The number of amides is 2. The van der Waals surface area contributed by atoms with E-state index >= 15 is 0 Å². The van der Waals surface area contributed by atoms with E-state index in [1.165, 1.54) is 7.11 Å². The Bertz CT molecular complexity index is 1070. The lowest BCUT2D eigenvalue weighted by Gasteiger charge is -2.19. The van der Waals surface area contributed by atoms with Crippen molar-refractivity contribution in [3.8, 4) is 17.2 Å². The molecule has 0 radical (unpaired) electrons. The van der Waals surface area contributed by atoms with Crippen molar-refractivity contribution in [2.24, 2.45) is 5.92 Å². The number of carbonyl (C=O) groups is 2. The van der Waals surface area contributed by atoms with E-state index in [-0.39, 0.29) is 23.8 Å². The van der Waals surface area contributed by atoms with Gasteiger partial charge in [-0.05, 0) is 43.5 Å². The number of hydrogen-bond acceptors (Lipinski definition) is 6. The Hall–Kier alpha value is -2.97. The molecule has 2 aromatic carbocycles. The van der Waals surface area contributed by atoms with Crippen molar-refractivity contribution >= 4 is 29.1 Å². The summed E-state index contributed by atoms with van der Waals surface area (Å²) in [4.78, 5) is 27.4. The smallest absolute Gasteiger partial charge is 0.255 e. The molecule has 1 saturated heterocycles. The Kier molecular flexibility index (Phi) is 7.48. The summed E-state index contributed by atoms with van der Waals surface area (Å²) in [7, 11) is 4.78. The maximum atomic E-state index is 13.0. The van der Waals surface area contributed by atoms with Crippen molar-refractivity contribution < 1.29 is 23.8 Å². The lowest BCUT2D eigenvalue weighted by molar-refractivity contribution is -0.117. The fraction of sp³-hybridized carbons (Fsp3) is 0.440. The van der Waals surface area contributed by atoms with E-state index in [4.69, 9.17) is 25.8 Å². The maximum Gasteiger partial charge on any atom is 0.255 e. The number of ether oxygens (including phenoxy) is 3. The van der Waals surface area contributed by atoms with Crippen molar-refractivity contribution in [2.75, 3.05) is 39.7 Å². The Balaban J connectivity index is 1.39. The zero-order valence-electron chi connectivity index (χ0n) is 19.7. The molecule has 1 heterocycles. The van der Waals surface area contributed by atoms with Crippen molar-refractivity contribution in [1.82, 2.24) is 10.2 Å². The van der Waals surface area contributed by atoms with E-state index in [9.17, 15) is 9.59 Å². The molecule has 0 aromatic heterocycles. The van der Waals surface area contributed by atoms with Gasteiger partial charge in [0, 0.05) is 43.2 Å². The molecule has 1 atom stereocenters. The molecule has 0 unspecified atom stereocenters. The highest BCUT2D eigenvalue weighted by Gasteiger charge is 2.31. The molecule has 9 heteroatoms. The molecule has 0 spiro atoms. The van der Waals surface area contributed by atoms with Crippen molar-refractivity contribution in [1.29, 1.82) is 0 Å². The van der Waals surface area contributed by atoms with E-state index in [1.807, 2.05) is 18.2 Å². The summed E-state index contributed by atoms with van der Waals surface area (Å²) in [5.74, 6) is 1.68. The van der Waals surface area contributed by atoms with E-state index in [2.05, 4.69) is 15.5 Å². The van der Waals surface area contributed by atoms with Gasteiger partial charge in [-0.2, -0.15) is 0 Å². The summed E-state index contributed by atoms with van der Waals surface area (Å²) in [5, 5.41) is 6.22. The average Bonchev–Trinajstić information content (AvgIpc) is 3.61. The van der Waals surface area contributed by atoms with Gasteiger partial charge in [-0.25, -0.2) is 0 Å². The first-order chi connectivity index (χ1) is 16.4. The molecule has 1 aliphatic heterocycles. The van der Waals surface area contributed by atoms with Crippen molar-refractivity contribution in [3.05, 3.63) is 46.5 Å². The standard InChI is InChI=1S/C25H30ClN3O5/c1-32-18-6-7-22(33-2)16(10-18)13-29-9-8-17(14-29)27-25(31)19-11-20(26)21(12-23(19)34-3)28-24(30)15-4-5-15/h6-7,10-12,15,17H,4-5,8-9,13-14H2,1-3H3,(H,27,31)(H,28,30)/t17-/m0/s1. The van der Waals surface area contributed by atoms with Crippen LogP contribution in [0.3, 0.4) is 0 Å². The third-order valence-corrected chi connectivity index (χ3v) is 6.54. The number of hydrogen-bond donors (Lipinski definition) is 2. The molecule has 2 aromatic rings. The van der Waals surface area contributed by atoms with Crippen LogP contribution in [0.2, 0.25) is 5.02 Å². The van der Waals surface area contributed by atoms with E-state index in [0.29, 0.717) is 35.1 Å². The largest absolute Gasteiger partial charge is 0.497 e. The maximum absolute atomic E-state index is 13.0. The first-order valence-corrected chi connectivity index (χ1v) is 11.7. The molecule has 4 rings (SSSR count). The summed E-state index contributed by atoms with van der Waals surface area (Å²) in [6.07, 6.45) is 2.61. The molecule has 0 bridgehead atoms. The fourth-order valence-electron chi connectivity index (χ4n) is 4.18. The van der Waals surface area contributed by atoms with Crippen LogP contribution in [0, 0.1) is 5.92 Å². The minimum absolute atomic E-state index is 0.0122. The van der Waals surface area contributed by atoms with E-state index in [1.54, 1.807) is 26.4 Å². The number of benzene rings is 2. The Labute approximate surface area is 204 Å². The van der Waals surface area contributed by atoms with Gasteiger partial charge in [-0.3, -0.25) is 14.5 Å². The summed E-state index contributed by atoms with van der Waals surface area (Å²) in [5.41, 5.74) is 1.82. The van der Waals surface area contributed by atoms with Crippen LogP contribution in [0.5, 0.6) is 17.2 Å². The number of nitrogens with zero attached hydrogens (tertiary/aromatic N) is 1. The van der Waals surface area contributed by atoms with Gasteiger partial charge in [0.2, 0.25) is 5.91 Å². The lowest BCUT2D eigenvalue weighted by atomic mass is 10.1.